The van der Waals surface area contributed by atoms with E-state index in [0.717, 1.165) is 30.4 Å². The molecule has 1 rings (SSSR count). The molecule has 0 saturated carbocycles. The Morgan fingerprint density at radius 1 is 1.25 bits per heavy atom. The van der Waals surface area contributed by atoms with Crippen LogP contribution in [-0.4, -0.2) is 5.11 Å². The average molecular weight is 241 g/mol. The smallest absolute Gasteiger partial charge is 0.0804 e. The molecule has 0 aliphatic heterocycles. The molecule has 1 nitrogen and oxygen atoms in total. The van der Waals surface area contributed by atoms with E-state index in [0.29, 0.717) is 10.9 Å². The molecule has 0 radical (unpaired) electrons. The molecule has 0 bridgehead atoms. The maximum atomic E-state index is 10.1. The van der Waals surface area contributed by atoms with E-state index >= 15 is 0 Å². The van der Waals surface area contributed by atoms with Gasteiger partial charge in [-0.3, -0.25) is 0 Å². The summed E-state index contributed by atoms with van der Waals surface area (Å²) in [6.07, 6.45) is 2.57. The SMILES string of the molecule is Cc1cccc(C(O)CCCC(C)C)c1Cl. The summed E-state index contributed by atoms with van der Waals surface area (Å²) < 4.78 is 0. The second kappa shape index (κ2) is 6.27. The van der Waals surface area contributed by atoms with Crippen LogP contribution in [0.4, 0.5) is 0 Å². The molecule has 0 aromatic heterocycles. The maximum absolute atomic E-state index is 10.1. The average Bonchev–Trinajstić information content (AvgIpc) is 2.21. The molecule has 2 heteroatoms. The topological polar surface area (TPSA) is 20.2 Å². The first kappa shape index (κ1) is 13.5. The third-order valence-corrected chi connectivity index (χ3v) is 3.36. The number of hydrogen-bond donors (Lipinski definition) is 1. The van der Waals surface area contributed by atoms with Crippen LogP contribution in [0.1, 0.15) is 50.3 Å². The van der Waals surface area contributed by atoms with Crippen LogP contribution in [-0.2, 0) is 0 Å². The molecule has 1 atom stereocenters. The van der Waals surface area contributed by atoms with E-state index in [1.807, 2.05) is 25.1 Å². The van der Waals surface area contributed by atoms with Crippen LogP contribution in [0.2, 0.25) is 5.02 Å². The van der Waals surface area contributed by atoms with Crippen molar-refractivity contribution in [2.45, 2.75) is 46.1 Å². The van der Waals surface area contributed by atoms with Crippen molar-refractivity contribution in [3.05, 3.63) is 34.3 Å². The second-order valence-corrected chi connectivity index (χ2v) is 5.20. The van der Waals surface area contributed by atoms with Crippen molar-refractivity contribution in [1.29, 1.82) is 0 Å². The fourth-order valence-corrected chi connectivity index (χ4v) is 2.05. The Bertz CT molecular complexity index is 334. The molecular formula is C14H21ClO. The van der Waals surface area contributed by atoms with Crippen LogP contribution in [0.25, 0.3) is 0 Å². The van der Waals surface area contributed by atoms with Gasteiger partial charge in [0.25, 0.3) is 0 Å². The Balaban J connectivity index is 2.59. The molecule has 90 valence electrons. The van der Waals surface area contributed by atoms with E-state index in [9.17, 15) is 5.11 Å². The summed E-state index contributed by atoms with van der Waals surface area (Å²) in [5, 5.41) is 10.8. The number of aliphatic hydroxyl groups is 1. The fourth-order valence-electron chi connectivity index (χ4n) is 1.80. The van der Waals surface area contributed by atoms with Gasteiger partial charge in [-0.15, -0.1) is 0 Å². The lowest BCUT2D eigenvalue weighted by Crippen LogP contribution is -2.00. The predicted octanol–water partition coefficient (Wildman–Crippen LogP) is 4.51. The number of benzene rings is 1. The van der Waals surface area contributed by atoms with Crippen molar-refractivity contribution in [3.63, 3.8) is 0 Å². The molecule has 0 heterocycles. The molecule has 1 unspecified atom stereocenters. The van der Waals surface area contributed by atoms with E-state index in [4.69, 9.17) is 11.6 Å². The van der Waals surface area contributed by atoms with Gasteiger partial charge in [0.1, 0.15) is 0 Å². The number of aliphatic hydroxyl groups excluding tert-OH is 1. The highest BCUT2D eigenvalue weighted by Crippen LogP contribution is 2.29. The minimum atomic E-state index is -0.425. The highest BCUT2D eigenvalue weighted by atomic mass is 35.5. The first-order chi connectivity index (χ1) is 7.52. The summed E-state index contributed by atoms with van der Waals surface area (Å²) in [6.45, 7) is 6.37. The third kappa shape index (κ3) is 3.80. The Kier molecular flexibility index (Phi) is 5.30. The zero-order chi connectivity index (χ0) is 12.1. The number of halogens is 1. The van der Waals surface area contributed by atoms with Crippen LogP contribution >= 0.6 is 11.6 Å². The van der Waals surface area contributed by atoms with Crippen LogP contribution in [0, 0.1) is 12.8 Å². The van der Waals surface area contributed by atoms with Gasteiger partial charge in [0, 0.05) is 5.02 Å². The standard InChI is InChI=1S/C14H21ClO/c1-10(2)6-4-9-13(16)12-8-5-7-11(3)14(12)15/h5,7-8,10,13,16H,4,6,9H2,1-3H3. The molecule has 1 aromatic carbocycles. The Labute approximate surface area is 103 Å². The van der Waals surface area contributed by atoms with E-state index in [-0.39, 0.29) is 0 Å². The number of aryl methyl sites for hydroxylation is 1. The maximum Gasteiger partial charge on any atom is 0.0804 e. The van der Waals surface area contributed by atoms with Gasteiger partial charge in [-0.05, 0) is 30.4 Å². The predicted molar refractivity (Wildman–Crippen MR) is 69.8 cm³/mol. The van der Waals surface area contributed by atoms with Crippen molar-refractivity contribution in [2.24, 2.45) is 5.92 Å². The lowest BCUT2D eigenvalue weighted by Gasteiger charge is -2.14. The minimum absolute atomic E-state index is 0.425. The zero-order valence-corrected chi connectivity index (χ0v) is 11.1. The van der Waals surface area contributed by atoms with Gasteiger partial charge in [0.15, 0.2) is 0 Å². The second-order valence-electron chi connectivity index (χ2n) is 4.82. The molecule has 0 saturated heterocycles. The monoisotopic (exact) mass is 240 g/mol. The van der Waals surface area contributed by atoms with E-state index in [1.54, 1.807) is 0 Å². The lowest BCUT2D eigenvalue weighted by atomic mass is 9.99. The summed E-state index contributed by atoms with van der Waals surface area (Å²) in [5.74, 6) is 0.695. The summed E-state index contributed by atoms with van der Waals surface area (Å²) in [5.41, 5.74) is 1.90. The molecule has 0 fully saturated rings. The molecular weight excluding hydrogens is 220 g/mol. The molecule has 16 heavy (non-hydrogen) atoms. The Hall–Kier alpha value is -0.530. The minimum Gasteiger partial charge on any atom is -0.388 e. The molecule has 1 aromatic rings. The Morgan fingerprint density at radius 2 is 1.94 bits per heavy atom. The molecule has 1 N–H and O–H groups in total. The van der Waals surface area contributed by atoms with Crippen molar-refractivity contribution >= 4 is 11.6 Å². The summed E-state index contributed by atoms with van der Waals surface area (Å²) in [4.78, 5) is 0. The molecule has 0 aliphatic rings. The summed E-state index contributed by atoms with van der Waals surface area (Å²) >= 11 is 6.17. The van der Waals surface area contributed by atoms with Gasteiger partial charge in [-0.25, -0.2) is 0 Å². The van der Waals surface area contributed by atoms with Gasteiger partial charge >= 0.3 is 0 Å². The lowest BCUT2D eigenvalue weighted by molar-refractivity contribution is 0.162. The fraction of sp³-hybridized carbons (Fsp3) is 0.571. The first-order valence-electron chi connectivity index (χ1n) is 5.95. The van der Waals surface area contributed by atoms with E-state index < -0.39 is 6.10 Å². The number of rotatable bonds is 5. The highest BCUT2D eigenvalue weighted by Gasteiger charge is 2.12. The van der Waals surface area contributed by atoms with E-state index in [2.05, 4.69) is 13.8 Å². The highest BCUT2D eigenvalue weighted by molar-refractivity contribution is 6.32. The quantitative estimate of drug-likeness (QED) is 0.803. The normalized spacial score (nSPS) is 13.1. The molecule has 0 spiro atoms. The molecule has 0 amide bonds. The zero-order valence-electron chi connectivity index (χ0n) is 10.3. The summed E-state index contributed by atoms with van der Waals surface area (Å²) in [6, 6.07) is 5.82. The largest absolute Gasteiger partial charge is 0.388 e. The van der Waals surface area contributed by atoms with Crippen LogP contribution in [0.15, 0.2) is 18.2 Å². The van der Waals surface area contributed by atoms with Crippen LogP contribution in [0.3, 0.4) is 0 Å². The van der Waals surface area contributed by atoms with Crippen molar-refractivity contribution in [2.75, 3.05) is 0 Å². The summed E-state index contributed by atoms with van der Waals surface area (Å²) in [7, 11) is 0. The first-order valence-corrected chi connectivity index (χ1v) is 6.33. The van der Waals surface area contributed by atoms with Gasteiger partial charge < -0.3 is 5.11 Å². The van der Waals surface area contributed by atoms with Gasteiger partial charge in [-0.1, -0.05) is 56.5 Å². The van der Waals surface area contributed by atoms with Crippen LogP contribution < -0.4 is 0 Å². The van der Waals surface area contributed by atoms with Crippen molar-refractivity contribution in [3.8, 4) is 0 Å². The van der Waals surface area contributed by atoms with Gasteiger partial charge in [-0.2, -0.15) is 0 Å². The van der Waals surface area contributed by atoms with Gasteiger partial charge in [0.05, 0.1) is 6.10 Å². The van der Waals surface area contributed by atoms with E-state index in [1.165, 1.54) is 0 Å². The molecule has 0 aliphatic carbocycles. The van der Waals surface area contributed by atoms with Crippen molar-refractivity contribution in [1.82, 2.24) is 0 Å². The van der Waals surface area contributed by atoms with Crippen molar-refractivity contribution < 1.29 is 5.11 Å². The number of hydrogen-bond acceptors (Lipinski definition) is 1. The third-order valence-electron chi connectivity index (χ3n) is 2.84. The van der Waals surface area contributed by atoms with Crippen LogP contribution in [0.5, 0.6) is 0 Å². The van der Waals surface area contributed by atoms with Gasteiger partial charge in [0.2, 0.25) is 0 Å². The Morgan fingerprint density at radius 3 is 2.56 bits per heavy atom.